The molecule has 7 heteroatoms. The van der Waals surface area contributed by atoms with Crippen LogP contribution < -0.4 is 5.32 Å². The van der Waals surface area contributed by atoms with E-state index in [-0.39, 0.29) is 16.8 Å². The molecule has 2 rings (SSSR count). The highest BCUT2D eigenvalue weighted by molar-refractivity contribution is 7.89. The molecule has 1 aliphatic rings. The number of carbonyl (C=O) groups excluding carboxylic acids is 1. The Labute approximate surface area is 138 Å². The van der Waals surface area contributed by atoms with Gasteiger partial charge in [-0.3, -0.25) is 4.79 Å². The number of carbonyl (C=O) groups is 1. The van der Waals surface area contributed by atoms with E-state index < -0.39 is 10.0 Å². The predicted octanol–water partition coefficient (Wildman–Crippen LogP) is 1.15. The molecule has 1 N–H and O–H groups in total. The van der Waals surface area contributed by atoms with Crippen molar-refractivity contribution in [2.24, 2.45) is 0 Å². The number of benzene rings is 1. The molecule has 0 unspecified atom stereocenters. The number of piperazine rings is 1. The van der Waals surface area contributed by atoms with Gasteiger partial charge in [-0.05, 0) is 38.6 Å². The minimum atomic E-state index is -3.55. The van der Waals surface area contributed by atoms with Gasteiger partial charge in [0.25, 0.3) is 5.91 Å². The molecule has 1 aromatic carbocycles. The molecule has 1 saturated heterocycles. The van der Waals surface area contributed by atoms with Crippen molar-refractivity contribution in [2.45, 2.75) is 31.2 Å². The maximum Gasteiger partial charge on any atom is 0.251 e. The van der Waals surface area contributed by atoms with Gasteiger partial charge in [0, 0.05) is 37.8 Å². The van der Waals surface area contributed by atoms with E-state index in [9.17, 15) is 13.2 Å². The van der Waals surface area contributed by atoms with Crippen LogP contribution in [0.3, 0.4) is 0 Å². The van der Waals surface area contributed by atoms with E-state index >= 15 is 0 Å². The van der Waals surface area contributed by atoms with Crippen molar-refractivity contribution in [1.29, 1.82) is 0 Å². The summed E-state index contributed by atoms with van der Waals surface area (Å²) in [6, 6.07) is 6.33. The molecule has 128 valence electrons. The van der Waals surface area contributed by atoms with Crippen LogP contribution in [-0.4, -0.2) is 62.8 Å². The van der Waals surface area contributed by atoms with Crippen molar-refractivity contribution >= 4 is 15.9 Å². The van der Waals surface area contributed by atoms with Gasteiger partial charge in [0.1, 0.15) is 0 Å². The molecule has 1 aliphatic heterocycles. The monoisotopic (exact) mass is 339 g/mol. The Bertz CT molecular complexity index is 652. The minimum absolute atomic E-state index is 0.0559. The summed E-state index contributed by atoms with van der Waals surface area (Å²) in [5, 5.41) is 2.86. The second-order valence-electron chi connectivity index (χ2n) is 6.02. The first-order valence-electron chi connectivity index (χ1n) is 7.94. The molecule has 23 heavy (non-hydrogen) atoms. The van der Waals surface area contributed by atoms with Gasteiger partial charge in [-0.25, -0.2) is 8.42 Å². The maximum atomic E-state index is 12.7. The third kappa shape index (κ3) is 4.31. The zero-order chi connectivity index (χ0) is 17.0. The maximum absolute atomic E-state index is 12.7. The first kappa shape index (κ1) is 17.9. The van der Waals surface area contributed by atoms with Crippen LogP contribution in [-0.2, 0) is 10.0 Å². The summed E-state index contributed by atoms with van der Waals surface area (Å²) in [4.78, 5) is 14.5. The molecular formula is C16H25N3O3S. The second-order valence-corrected chi connectivity index (χ2v) is 7.96. The fourth-order valence-corrected chi connectivity index (χ4v) is 3.85. The minimum Gasteiger partial charge on any atom is -0.350 e. The van der Waals surface area contributed by atoms with Gasteiger partial charge in [-0.2, -0.15) is 4.31 Å². The lowest BCUT2D eigenvalue weighted by Gasteiger charge is -2.31. The molecule has 6 nitrogen and oxygen atoms in total. The van der Waals surface area contributed by atoms with Crippen LogP contribution in [0.1, 0.15) is 30.6 Å². The average molecular weight is 339 g/mol. The summed E-state index contributed by atoms with van der Waals surface area (Å²) in [6.07, 6.45) is 0.824. The molecule has 1 amide bonds. The van der Waals surface area contributed by atoms with E-state index in [2.05, 4.69) is 10.2 Å². The number of hydrogen-bond donors (Lipinski definition) is 1. The lowest BCUT2D eigenvalue weighted by Crippen LogP contribution is -2.47. The van der Waals surface area contributed by atoms with E-state index in [0.29, 0.717) is 31.7 Å². The van der Waals surface area contributed by atoms with Crippen molar-refractivity contribution in [2.75, 3.05) is 33.2 Å². The summed E-state index contributed by atoms with van der Waals surface area (Å²) in [7, 11) is -1.57. The van der Waals surface area contributed by atoms with Gasteiger partial charge in [-0.1, -0.05) is 13.0 Å². The highest BCUT2D eigenvalue weighted by Gasteiger charge is 2.27. The molecule has 0 aromatic heterocycles. The van der Waals surface area contributed by atoms with Crippen LogP contribution in [0.2, 0.25) is 0 Å². The molecule has 1 aromatic rings. The van der Waals surface area contributed by atoms with Crippen LogP contribution in [0.15, 0.2) is 29.2 Å². The summed E-state index contributed by atoms with van der Waals surface area (Å²) in [5.74, 6) is -0.241. The number of nitrogens with zero attached hydrogens (tertiary/aromatic N) is 2. The summed E-state index contributed by atoms with van der Waals surface area (Å²) in [5.41, 5.74) is 0.375. The second kappa shape index (κ2) is 7.42. The van der Waals surface area contributed by atoms with Crippen molar-refractivity contribution in [1.82, 2.24) is 14.5 Å². The topological polar surface area (TPSA) is 69.7 Å². The Morgan fingerprint density at radius 3 is 2.52 bits per heavy atom. The van der Waals surface area contributed by atoms with Crippen LogP contribution in [0.25, 0.3) is 0 Å². The highest BCUT2D eigenvalue weighted by Crippen LogP contribution is 2.18. The fraction of sp³-hybridized carbons (Fsp3) is 0.562. The quantitative estimate of drug-likeness (QED) is 0.874. The largest absolute Gasteiger partial charge is 0.350 e. The SMILES string of the molecule is CC[C@@H](C)NC(=O)c1cccc(S(=O)(=O)N2CCN(C)CC2)c1. The van der Waals surface area contributed by atoms with E-state index in [1.54, 1.807) is 18.2 Å². The Hall–Kier alpha value is -1.44. The highest BCUT2D eigenvalue weighted by atomic mass is 32.2. The van der Waals surface area contributed by atoms with E-state index in [4.69, 9.17) is 0 Å². The Morgan fingerprint density at radius 1 is 1.26 bits per heavy atom. The number of amides is 1. The van der Waals surface area contributed by atoms with E-state index in [1.165, 1.54) is 10.4 Å². The van der Waals surface area contributed by atoms with E-state index in [1.807, 2.05) is 20.9 Å². The smallest absolute Gasteiger partial charge is 0.251 e. The molecule has 1 atom stereocenters. The van der Waals surface area contributed by atoms with Crippen molar-refractivity contribution in [3.63, 3.8) is 0 Å². The molecule has 0 aliphatic carbocycles. The Morgan fingerprint density at radius 2 is 1.91 bits per heavy atom. The molecule has 0 bridgehead atoms. The molecule has 1 heterocycles. The standard InChI is InChI=1S/C16H25N3O3S/c1-4-13(2)17-16(20)14-6-5-7-15(12-14)23(21,22)19-10-8-18(3)9-11-19/h5-7,12-13H,4,8-11H2,1-3H3,(H,17,20)/t13-/m1/s1. The van der Waals surface area contributed by atoms with Crippen molar-refractivity contribution in [3.05, 3.63) is 29.8 Å². The lowest BCUT2D eigenvalue weighted by atomic mass is 10.2. The van der Waals surface area contributed by atoms with Gasteiger partial charge in [0.05, 0.1) is 4.90 Å². The molecular weight excluding hydrogens is 314 g/mol. The Balaban J connectivity index is 2.20. The van der Waals surface area contributed by atoms with E-state index in [0.717, 1.165) is 6.42 Å². The van der Waals surface area contributed by atoms with Crippen LogP contribution in [0.4, 0.5) is 0 Å². The third-order valence-electron chi connectivity index (χ3n) is 4.19. The van der Waals surface area contributed by atoms with Crippen LogP contribution in [0, 0.1) is 0 Å². The van der Waals surface area contributed by atoms with Crippen LogP contribution >= 0.6 is 0 Å². The zero-order valence-corrected chi connectivity index (χ0v) is 14.8. The predicted molar refractivity (Wildman–Crippen MR) is 89.9 cm³/mol. The third-order valence-corrected chi connectivity index (χ3v) is 6.08. The van der Waals surface area contributed by atoms with Crippen LogP contribution in [0.5, 0.6) is 0 Å². The Kier molecular flexibility index (Phi) is 5.78. The molecule has 0 spiro atoms. The summed E-state index contributed by atoms with van der Waals surface area (Å²) in [6.45, 7) is 6.28. The van der Waals surface area contributed by atoms with Gasteiger partial charge in [0.15, 0.2) is 0 Å². The molecule has 1 fully saturated rings. The number of sulfonamides is 1. The first-order valence-corrected chi connectivity index (χ1v) is 9.38. The normalized spacial score (nSPS) is 18.6. The summed E-state index contributed by atoms with van der Waals surface area (Å²) >= 11 is 0. The van der Waals surface area contributed by atoms with Gasteiger partial charge >= 0.3 is 0 Å². The van der Waals surface area contributed by atoms with Gasteiger partial charge in [-0.15, -0.1) is 0 Å². The van der Waals surface area contributed by atoms with Gasteiger partial charge < -0.3 is 10.2 Å². The van der Waals surface area contributed by atoms with Crippen molar-refractivity contribution in [3.8, 4) is 0 Å². The number of likely N-dealkylation sites (N-methyl/N-ethyl adjacent to an activating group) is 1. The molecule has 0 saturated carbocycles. The first-order chi connectivity index (χ1) is 10.8. The van der Waals surface area contributed by atoms with Crippen molar-refractivity contribution < 1.29 is 13.2 Å². The van der Waals surface area contributed by atoms with Gasteiger partial charge in [0.2, 0.25) is 10.0 Å². The zero-order valence-electron chi connectivity index (χ0n) is 13.9. The summed E-state index contributed by atoms with van der Waals surface area (Å²) < 4.78 is 26.9. The number of hydrogen-bond acceptors (Lipinski definition) is 4. The number of rotatable bonds is 5. The average Bonchev–Trinajstić information content (AvgIpc) is 2.55. The fourth-order valence-electron chi connectivity index (χ4n) is 2.38. The lowest BCUT2D eigenvalue weighted by molar-refractivity contribution is 0.0939. The molecule has 0 radical (unpaired) electrons. The number of nitrogens with one attached hydrogen (secondary N) is 1.